The second-order valence-electron chi connectivity index (χ2n) is 6.94. The molecule has 148 valence electrons. The van der Waals surface area contributed by atoms with Crippen LogP contribution in [0.4, 0.5) is 21.9 Å². The molecule has 1 heterocycles. The van der Waals surface area contributed by atoms with Crippen LogP contribution in [0.15, 0.2) is 42.5 Å². The first kappa shape index (κ1) is 19.7. The Labute approximate surface area is 165 Å². The molecule has 0 radical (unpaired) electrons. The van der Waals surface area contributed by atoms with E-state index in [0.717, 1.165) is 44.0 Å². The zero-order valence-corrected chi connectivity index (χ0v) is 16.4. The van der Waals surface area contributed by atoms with Crippen molar-refractivity contribution in [3.63, 3.8) is 0 Å². The van der Waals surface area contributed by atoms with Gasteiger partial charge in [-0.2, -0.15) is 0 Å². The van der Waals surface area contributed by atoms with Gasteiger partial charge in [0.1, 0.15) is 0 Å². The lowest BCUT2D eigenvalue weighted by molar-refractivity contribution is 0.102. The molecule has 7 heteroatoms. The van der Waals surface area contributed by atoms with E-state index >= 15 is 0 Å². The Bertz CT molecular complexity index is 860. The maximum absolute atomic E-state index is 12.6. The van der Waals surface area contributed by atoms with Gasteiger partial charge >= 0.3 is 6.03 Å². The van der Waals surface area contributed by atoms with Crippen molar-refractivity contribution < 1.29 is 9.59 Å². The molecule has 2 aromatic carbocycles. The number of hydrogen-bond acceptors (Lipinski definition) is 4. The van der Waals surface area contributed by atoms with Gasteiger partial charge in [0.05, 0.1) is 0 Å². The summed E-state index contributed by atoms with van der Waals surface area (Å²) in [5, 5.41) is 5.42. The van der Waals surface area contributed by atoms with Gasteiger partial charge in [-0.05, 0) is 55.4 Å². The molecule has 0 aliphatic carbocycles. The summed E-state index contributed by atoms with van der Waals surface area (Å²) in [6.07, 6.45) is 0. The quantitative estimate of drug-likeness (QED) is 0.743. The van der Waals surface area contributed by atoms with Crippen molar-refractivity contribution >= 4 is 29.0 Å². The lowest BCUT2D eigenvalue weighted by Crippen LogP contribution is -2.46. The van der Waals surface area contributed by atoms with Gasteiger partial charge in [0.15, 0.2) is 0 Å². The van der Waals surface area contributed by atoms with Crippen LogP contribution in [0.25, 0.3) is 0 Å². The number of nitrogens with one attached hydrogen (secondary N) is 2. The summed E-state index contributed by atoms with van der Waals surface area (Å²) in [6, 6.07) is 12.1. The molecule has 1 aliphatic heterocycles. The van der Waals surface area contributed by atoms with E-state index in [-0.39, 0.29) is 5.91 Å². The normalized spacial score (nSPS) is 14.6. The van der Waals surface area contributed by atoms with Crippen LogP contribution >= 0.6 is 0 Å². The van der Waals surface area contributed by atoms with Crippen LogP contribution in [-0.4, -0.2) is 49.6 Å². The number of urea groups is 1. The molecule has 1 fully saturated rings. The molecule has 2 aromatic rings. The fourth-order valence-corrected chi connectivity index (χ4v) is 3.38. The average molecular weight is 381 g/mol. The number of anilines is 3. The number of likely N-dealkylation sites (N-methyl/N-ethyl adjacent to an activating group) is 1. The topological polar surface area (TPSA) is 90.7 Å². The minimum Gasteiger partial charge on any atom is -0.369 e. The number of carbonyl (C=O) groups is 2. The molecule has 0 saturated carbocycles. The van der Waals surface area contributed by atoms with Crippen molar-refractivity contribution in [3.05, 3.63) is 53.6 Å². The molecule has 0 spiro atoms. The van der Waals surface area contributed by atoms with E-state index in [1.165, 1.54) is 5.69 Å². The number of hydrogen-bond donors (Lipinski definition) is 3. The van der Waals surface area contributed by atoms with Crippen molar-refractivity contribution in [2.75, 3.05) is 48.3 Å². The maximum atomic E-state index is 12.6. The molecule has 0 unspecified atom stereocenters. The third-order valence-electron chi connectivity index (χ3n) is 5.04. The molecule has 0 atom stereocenters. The summed E-state index contributed by atoms with van der Waals surface area (Å²) in [7, 11) is 0. The van der Waals surface area contributed by atoms with Gasteiger partial charge in [0, 0.05) is 48.8 Å². The minimum absolute atomic E-state index is 0.236. The van der Waals surface area contributed by atoms with Crippen molar-refractivity contribution in [2.24, 2.45) is 5.73 Å². The number of aryl methyl sites for hydroxylation is 1. The lowest BCUT2D eigenvalue weighted by Gasteiger charge is -2.35. The van der Waals surface area contributed by atoms with Crippen LogP contribution in [0, 0.1) is 6.92 Å². The second kappa shape index (κ2) is 8.75. The number of rotatable bonds is 5. The maximum Gasteiger partial charge on any atom is 0.316 e. The van der Waals surface area contributed by atoms with E-state index in [9.17, 15) is 9.59 Å². The summed E-state index contributed by atoms with van der Waals surface area (Å²) in [6.45, 7) is 9.45. The van der Waals surface area contributed by atoms with Gasteiger partial charge in [-0.25, -0.2) is 4.79 Å². The van der Waals surface area contributed by atoms with Crippen LogP contribution in [0.1, 0.15) is 22.8 Å². The average Bonchev–Trinajstić information content (AvgIpc) is 2.69. The van der Waals surface area contributed by atoms with Crippen molar-refractivity contribution in [3.8, 4) is 0 Å². The predicted molar refractivity (Wildman–Crippen MR) is 113 cm³/mol. The molecular weight excluding hydrogens is 354 g/mol. The Morgan fingerprint density at radius 3 is 2.43 bits per heavy atom. The molecule has 7 nitrogen and oxygen atoms in total. The molecule has 28 heavy (non-hydrogen) atoms. The summed E-state index contributed by atoms with van der Waals surface area (Å²) < 4.78 is 0. The standard InChI is InChI=1S/C21H27N5O2/c1-3-25-9-11-26(12-10-25)18-7-8-19(15(2)13-18)24-20(27)16-5-4-6-17(14-16)23-21(22)28/h4-8,13-14H,3,9-12H2,1-2H3,(H,24,27)(H3,22,23,28). The van der Waals surface area contributed by atoms with Crippen molar-refractivity contribution in [1.29, 1.82) is 0 Å². The first-order valence-electron chi connectivity index (χ1n) is 9.52. The molecular formula is C21H27N5O2. The highest BCUT2D eigenvalue weighted by Crippen LogP contribution is 2.24. The fourth-order valence-electron chi connectivity index (χ4n) is 3.38. The SMILES string of the molecule is CCN1CCN(c2ccc(NC(=O)c3cccc(NC(N)=O)c3)c(C)c2)CC1. The number of piperazine rings is 1. The van der Waals surface area contributed by atoms with Crippen LogP contribution in [0.2, 0.25) is 0 Å². The number of nitrogens with two attached hydrogens (primary N) is 1. The van der Waals surface area contributed by atoms with E-state index in [1.807, 2.05) is 13.0 Å². The van der Waals surface area contributed by atoms with Gasteiger partial charge in [-0.3, -0.25) is 4.79 Å². The summed E-state index contributed by atoms with van der Waals surface area (Å²) in [4.78, 5) is 28.4. The van der Waals surface area contributed by atoms with Gasteiger partial charge in [-0.15, -0.1) is 0 Å². The molecule has 1 saturated heterocycles. The molecule has 3 amide bonds. The minimum atomic E-state index is -0.663. The first-order chi connectivity index (χ1) is 13.5. The Morgan fingerprint density at radius 1 is 1.04 bits per heavy atom. The van der Waals surface area contributed by atoms with Crippen LogP contribution < -0.4 is 21.3 Å². The van der Waals surface area contributed by atoms with Crippen LogP contribution in [0.5, 0.6) is 0 Å². The van der Waals surface area contributed by atoms with Crippen LogP contribution in [0.3, 0.4) is 0 Å². The zero-order valence-electron chi connectivity index (χ0n) is 16.4. The fraction of sp³-hybridized carbons (Fsp3) is 0.333. The smallest absolute Gasteiger partial charge is 0.316 e. The number of amides is 3. The number of nitrogens with zero attached hydrogens (tertiary/aromatic N) is 2. The summed E-state index contributed by atoms with van der Waals surface area (Å²) in [5.74, 6) is -0.236. The van der Waals surface area contributed by atoms with Gasteiger partial charge in [-0.1, -0.05) is 13.0 Å². The highest BCUT2D eigenvalue weighted by Gasteiger charge is 2.17. The van der Waals surface area contributed by atoms with E-state index in [4.69, 9.17) is 5.73 Å². The summed E-state index contributed by atoms with van der Waals surface area (Å²) in [5.41, 5.74) is 9.02. The Kier molecular flexibility index (Phi) is 6.16. The van der Waals surface area contributed by atoms with Gasteiger partial charge in [0.25, 0.3) is 5.91 Å². The Balaban J connectivity index is 1.68. The van der Waals surface area contributed by atoms with Crippen molar-refractivity contribution in [1.82, 2.24) is 4.90 Å². The van der Waals surface area contributed by atoms with E-state index in [0.29, 0.717) is 11.3 Å². The van der Waals surface area contributed by atoms with Gasteiger partial charge < -0.3 is 26.2 Å². The molecule has 0 aromatic heterocycles. The van der Waals surface area contributed by atoms with E-state index in [1.54, 1.807) is 24.3 Å². The highest BCUT2D eigenvalue weighted by molar-refractivity contribution is 6.05. The second-order valence-corrected chi connectivity index (χ2v) is 6.94. The van der Waals surface area contributed by atoms with Crippen molar-refractivity contribution in [2.45, 2.75) is 13.8 Å². The molecule has 1 aliphatic rings. The van der Waals surface area contributed by atoms with Crippen LogP contribution in [-0.2, 0) is 0 Å². The number of primary amides is 1. The number of benzene rings is 2. The van der Waals surface area contributed by atoms with Gasteiger partial charge in [0.2, 0.25) is 0 Å². The van der Waals surface area contributed by atoms with E-state index in [2.05, 4.69) is 39.5 Å². The molecule has 0 bridgehead atoms. The molecule has 3 rings (SSSR count). The summed E-state index contributed by atoms with van der Waals surface area (Å²) >= 11 is 0. The highest BCUT2D eigenvalue weighted by atomic mass is 16.2. The predicted octanol–water partition coefficient (Wildman–Crippen LogP) is 2.88. The Morgan fingerprint density at radius 2 is 1.79 bits per heavy atom. The first-order valence-corrected chi connectivity index (χ1v) is 9.52. The largest absolute Gasteiger partial charge is 0.369 e. The monoisotopic (exact) mass is 381 g/mol. The number of carbonyl (C=O) groups excluding carboxylic acids is 2. The zero-order chi connectivity index (χ0) is 20.1. The lowest BCUT2D eigenvalue weighted by atomic mass is 10.1. The van der Waals surface area contributed by atoms with E-state index < -0.39 is 6.03 Å². The molecule has 4 N–H and O–H groups in total. The Hall–Kier alpha value is -3.06. The third kappa shape index (κ3) is 4.80. The third-order valence-corrected chi connectivity index (χ3v) is 5.04.